The summed E-state index contributed by atoms with van der Waals surface area (Å²) in [4.78, 5) is 12.6. The Morgan fingerprint density at radius 1 is 1.33 bits per heavy atom. The Bertz CT molecular complexity index is 343. The molecule has 1 aromatic rings. The van der Waals surface area contributed by atoms with E-state index in [-0.39, 0.29) is 5.24 Å². The van der Waals surface area contributed by atoms with Crippen molar-refractivity contribution in [3.8, 4) is 0 Å². The van der Waals surface area contributed by atoms with Crippen LogP contribution in [0.3, 0.4) is 0 Å². The Balaban J connectivity index is 1.84. The van der Waals surface area contributed by atoms with E-state index in [1.165, 1.54) is 23.7 Å². The fraction of sp³-hybridized carbons (Fsp3) is 0.417. The Morgan fingerprint density at radius 3 is 2.53 bits per heavy atom. The van der Waals surface area contributed by atoms with E-state index in [1.807, 2.05) is 31.2 Å². The summed E-state index contributed by atoms with van der Waals surface area (Å²) in [5.41, 5.74) is 1.22. The van der Waals surface area contributed by atoms with Gasteiger partial charge in [0.05, 0.1) is 0 Å². The Morgan fingerprint density at radius 2 is 2.00 bits per heavy atom. The molecule has 0 aliphatic heterocycles. The molecular formula is C12H15NOS. The summed E-state index contributed by atoms with van der Waals surface area (Å²) in [7, 11) is 0. The van der Waals surface area contributed by atoms with Gasteiger partial charge in [0.15, 0.2) is 0 Å². The molecule has 0 unspecified atom stereocenters. The highest BCUT2D eigenvalue weighted by atomic mass is 32.2. The molecule has 3 heteroatoms. The summed E-state index contributed by atoms with van der Waals surface area (Å²) in [5, 5.41) is 3.08. The van der Waals surface area contributed by atoms with Crippen LogP contribution in [0.25, 0.3) is 0 Å². The zero-order valence-electron chi connectivity index (χ0n) is 8.82. The summed E-state index contributed by atoms with van der Waals surface area (Å²) in [6, 6.07) is 8.45. The summed E-state index contributed by atoms with van der Waals surface area (Å²) < 4.78 is 0. The van der Waals surface area contributed by atoms with Crippen LogP contribution in [-0.2, 0) is 0 Å². The second-order valence-corrected chi connectivity index (χ2v) is 5.02. The number of hydrogen-bond acceptors (Lipinski definition) is 2. The first-order valence-corrected chi connectivity index (χ1v) is 6.11. The number of nitrogens with one attached hydrogen (secondary N) is 1. The van der Waals surface area contributed by atoms with Gasteiger partial charge in [0.2, 0.25) is 0 Å². The van der Waals surface area contributed by atoms with Crippen molar-refractivity contribution < 1.29 is 4.79 Å². The highest BCUT2D eigenvalue weighted by Crippen LogP contribution is 2.23. The number of hydrogen-bond donors (Lipinski definition) is 1. The number of rotatable bonds is 2. The van der Waals surface area contributed by atoms with Crippen LogP contribution in [0.15, 0.2) is 29.2 Å². The summed E-state index contributed by atoms with van der Waals surface area (Å²) >= 11 is 1.28. The number of benzene rings is 1. The van der Waals surface area contributed by atoms with Gasteiger partial charge in [-0.05, 0) is 50.1 Å². The van der Waals surface area contributed by atoms with Crippen molar-refractivity contribution in [2.24, 2.45) is 0 Å². The van der Waals surface area contributed by atoms with Gasteiger partial charge in [-0.2, -0.15) is 0 Å². The van der Waals surface area contributed by atoms with Crippen LogP contribution >= 0.6 is 11.8 Å². The third-order valence-electron chi connectivity index (χ3n) is 2.66. The van der Waals surface area contributed by atoms with Crippen molar-refractivity contribution in [1.82, 2.24) is 5.32 Å². The van der Waals surface area contributed by atoms with Crippen LogP contribution in [0.5, 0.6) is 0 Å². The average Bonchev–Trinajstić information content (AvgIpc) is 2.16. The number of carbonyl (C=O) groups excluding carboxylic acids is 1. The second-order valence-electron chi connectivity index (χ2n) is 3.97. The molecule has 0 atom stereocenters. The SMILES string of the molecule is Cc1ccc(SC(=O)NC2CCC2)cc1. The van der Waals surface area contributed by atoms with E-state index < -0.39 is 0 Å². The number of aryl methyl sites for hydroxylation is 1. The van der Waals surface area contributed by atoms with Crippen LogP contribution in [0, 0.1) is 6.92 Å². The minimum absolute atomic E-state index is 0.0727. The molecule has 2 nitrogen and oxygen atoms in total. The van der Waals surface area contributed by atoms with E-state index in [1.54, 1.807) is 0 Å². The van der Waals surface area contributed by atoms with Gasteiger partial charge < -0.3 is 5.32 Å². The molecule has 80 valence electrons. The molecule has 0 bridgehead atoms. The molecule has 1 fully saturated rings. The zero-order chi connectivity index (χ0) is 10.7. The highest BCUT2D eigenvalue weighted by Gasteiger charge is 2.19. The molecule has 2 rings (SSSR count). The summed E-state index contributed by atoms with van der Waals surface area (Å²) in [5.74, 6) is 0. The summed E-state index contributed by atoms with van der Waals surface area (Å²) in [6.07, 6.45) is 3.53. The minimum Gasteiger partial charge on any atom is -0.344 e. The van der Waals surface area contributed by atoms with Gasteiger partial charge in [-0.1, -0.05) is 17.7 Å². The normalized spacial score (nSPS) is 15.8. The lowest BCUT2D eigenvalue weighted by atomic mass is 9.94. The molecular weight excluding hydrogens is 206 g/mol. The molecule has 1 aliphatic carbocycles. The zero-order valence-corrected chi connectivity index (χ0v) is 9.64. The molecule has 0 radical (unpaired) electrons. The quantitative estimate of drug-likeness (QED) is 0.776. The molecule has 1 amide bonds. The lowest BCUT2D eigenvalue weighted by Gasteiger charge is -2.25. The van der Waals surface area contributed by atoms with Crippen LogP contribution in [0.4, 0.5) is 4.79 Å². The third-order valence-corrected chi connectivity index (χ3v) is 3.47. The van der Waals surface area contributed by atoms with Gasteiger partial charge in [-0.3, -0.25) is 4.79 Å². The lowest BCUT2D eigenvalue weighted by molar-refractivity contribution is 0.249. The van der Waals surface area contributed by atoms with Gasteiger partial charge in [-0.15, -0.1) is 0 Å². The molecule has 1 saturated carbocycles. The Kier molecular flexibility index (Phi) is 3.31. The molecule has 1 N–H and O–H groups in total. The van der Waals surface area contributed by atoms with Gasteiger partial charge in [0, 0.05) is 10.9 Å². The first kappa shape index (κ1) is 10.6. The Labute approximate surface area is 94.4 Å². The van der Waals surface area contributed by atoms with Gasteiger partial charge in [-0.25, -0.2) is 0 Å². The van der Waals surface area contributed by atoms with Crippen molar-refractivity contribution in [3.63, 3.8) is 0 Å². The first-order chi connectivity index (χ1) is 7.24. The van der Waals surface area contributed by atoms with Crippen molar-refractivity contribution in [2.45, 2.75) is 37.1 Å². The van der Waals surface area contributed by atoms with E-state index >= 15 is 0 Å². The molecule has 0 saturated heterocycles. The van der Waals surface area contributed by atoms with Gasteiger partial charge in [0.25, 0.3) is 5.24 Å². The van der Waals surface area contributed by atoms with Crippen molar-refractivity contribution >= 4 is 17.0 Å². The average molecular weight is 221 g/mol. The van der Waals surface area contributed by atoms with E-state index in [0.29, 0.717) is 6.04 Å². The minimum atomic E-state index is 0.0727. The second kappa shape index (κ2) is 4.71. The highest BCUT2D eigenvalue weighted by molar-refractivity contribution is 8.13. The monoisotopic (exact) mass is 221 g/mol. The first-order valence-electron chi connectivity index (χ1n) is 5.29. The van der Waals surface area contributed by atoms with Crippen LogP contribution in [-0.4, -0.2) is 11.3 Å². The van der Waals surface area contributed by atoms with E-state index in [0.717, 1.165) is 17.7 Å². The number of amides is 1. The molecule has 0 heterocycles. The number of thioether (sulfide) groups is 1. The maximum Gasteiger partial charge on any atom is 0.284 e. The smallest absolute Gasteiger partial charge is 0.284 e. The fourth-order valence-corrected chi connectivity index (χ4v) is 2.17. The lowest BCUT2D eigenvalue weighted by Crippen LogP contribution is -2.37. The van der Waals surface area contributed by atoms with E-state index in [9.17, 15) is 4.79 Å². The Hall–Kier alpha value is -0.960. The fourth-order valence-electron chi connectivity index (χ4n) is 1.46. The van der Waals surface area contributed by atoms with E-state index in [2.05, 4.69) is 5.32 Å². The molecule has 15 heavy (non-hydrogen) atoms. The summed E-state index contributed by atoms with van der Waals surface area (Å²) in [6.45, 7) is 2.04. The van der Waals surface area contributed by atoms with Crippen LogP contribution < -0.4 is 5.32 Å². The molecule has 0 aromatic heterocycles. The van der Waals surface area contributed by atoms with Crippen LogP contribution in [0.2, 0.25) is 0 Å². The predicted octanol–water partition coefficient (Wildman–Crippen LogP) is 3.35. The topological polar surface area (TPSA) is 29.1 Å². The van der Waals surface area contributed by atoms with Crippen LogP contribution in [0.1, 0.15) is 24.8 Å². The predicted molar refractivity (Wildman–Crippen MR) is 63.2 cm³/mol. The molecule has 1 aromatic carbocycles. The molecule has 1 aliphatic rings. The van der Waals surface area contributed by atoms with Crippen molar-refractivity contribution in [3.05, 3.63) is 29.8 Å². The largest absolute Gasteiger partial charge is 0.344 e. The van der Waals surface area contributed by atoms with Gasteiger partial charge >= 0.3 is 0 Å². The maximum atomic E-state index is 11.6. The van der Waals surface area contributed by atoms with Crippen molar-refractivity contribution in [2.75, 3.05) is 0 Å². The maximum absolute atomic E-state index is 11.6. The standard InChI is InChI=1S/C12H15NOS/c1-9-5-7-11(8-6-9)15-12(14)13-10-3-2-4-10/h5-8,10H,2-4H2,1H3,(H,13,14). The van der Waals surface area contributed by atoms with E-state index in [4.69, 9.17) is 0 Å². The molecule has 0 spiro atoms. The third kappa shape index (κ3) is 2.99. The van der Waals surface area contributed by atoms with Gasteiger partial charge in [0.1, 0.15) is 0 Å². The number of carbonyl (C=O) groups is 1. The van der Waals surface area contributed by atoms with Crippen molar-refractivity contribution in [1.29, 1.82) is 0 Å².